The zero-order valence-electron chi connectivity index (χ0n) is 8.68. The van der Waals surface area contributed by atoms with Gasteiger partial charge in [-0.1, -0.05) is 0 Å². The summed E-state index contributed by atoms with van der Waals surface area (Å²) in [6.45, 7) is 1.62. The standard InChI is InChI=1S/C10H8F4O2S/c1-2-16-9(15)17-8-5-6(10(12,13)14)3-4-7(8)11/h3-5H,2H2,1H3. The van der Waals surface area contributed by atoms with Gasteiger partial charge in [0.1, 0.15) is 5.82 Å². The highest BCUT2D eigenvalue weighted by atomic mass is 32.2. The largest absolute Gasteiger partial charge is 0.458 e. The van der Waals surface area contributed by atoms with Crippen molar-refractivity contribution in [1.82, 2.24) is 0 Å². The first kappa shape index (κ1) is 13.8. The zero-order chi connectivity index (χ0) is 13.1. The van der Waals surface area contributed by atoms with Gasteiger partial charge in [0.25, 0.3) is 0 Å². The normalized spacial score (nSPS) is 11.4. The Hall–Kier alpha value is -1.24. The van der Waals surface area contributed by atoms with Gasteiger partial charge < -0.3 is 4.74 Å². The fourth-order valence-electron chi connectivity index (χ4n) is 0.995. The number of hydrogen-bond donors (Lipinski definition) is 0. The molecule has 0 amide bonds. The minimum Gasteiger partial charge on any atom is -0.458 e. The third-order valence-electron chi connectivity index (χ3n) is 1.71. The molecule has 0 heterocycles. The van der Waals surface area contributed by atoms with Crippen molar-refractivity contribution in [2.45, 2.75) is 18.0 Å². The van der Waals surface area contributed by atoms with E-state index in [0.717, 1.165) is 0 Å². The van der Waals surface area contributed by atoms with Gasteiger partial charge in [0.05, 0.1) is 17.1 Å². The summed E-state index contributed by atoms with van der Waals surface area (Å²) in [4.78, 5) is 10.6. The van der Waals surface area contributed by atoms with Crippen LogP contribution in [0.15, 0.2) is 23.1 Å². The third-order valence-corrected chi connectivity index (χ3v) is 2.53. The number of ether oxygens (including phenoxy) is 1. The molecule has 17 heavy (non-hydrogen) atoms. The van der Waals surface area contributed by atoms with E-state index in [2.05, 4.69) is 4.74 Å². The Bertz CT molecular complexity index is 417. The van der Waals surface area contributed by atoms with Gasteiger partial charge in [-0.05, 0) is 36.9 Å². The van der Waals surface area contributed by atoms with Gasteiger partial charge >= 0.3 is 11.5 Å². The molecule has 0 N–H and O–H groups in total. The van der Waals surface area contributed by atoms with Gasteiger partial charge in [-0.25, -0.2) is 9.18 Å². The number of halogens is 4. The summed E-state index contributed by atoms with van der Waals surface area (Å²) in [6, 6.07) is 1.87. The van der Waals surface area contributed by atoms with E-state index in [1.807, 2.05) is 0 Å². The number of rotatable bonds is 2. The first-order valence-corrected chi connectivity index (χ1v) is 5.37. The van der Waals surface area contributed by atoms with E-state index in [1.165, 1.54) is 0 Å². The van der Waals surface area contributed by atoms with Gasteiger partial charge in [0.2, 0.25) is 0 Å². The predicted molar refractivity (Wildman–Crippen MR) is 54.3 cm³/mol. The van der Waals surface area contributed by atoms with E-state index in [0.29, 0.717) is 18.2 Å². The number of thioether (sulfide) groups is 1. The maximum absolute atomic E-state index is 13.2. The van der Waals surface area contributed by atoms with E-state index in [-0.39, 0.29) is 18.4 Å². The van der Waals surface area contributed by atoms with Crippen LogP contribution in [0.1, 0.15) is 12.5 Å². The molecule has 0 bridgehead atoms. The first-order chi connectivity index (χ1) is 7.84. The van der Waals surface area contributed by atoms with Crippen LogP contribution in [-0.4, -0.2) is 11.9 Å². The van der Waals surface area contributed by atoms with Crippen molar-refractivity contribution in [1.29, 1.82) is 0 Å². The van der Waals surface area contributed by atoms with Crippen molar-refractivity contribution < 1.29 is 27.1 Å². The molecular weight excluding hydrogens is 260 g/mol. The van der Waals surface area contributed by atoms with Gasteiger partial charge in [0, 0.05) is 0 Å². The van der Waals surface area contributed by atoms with Crippen molar-refractivity contribution in [2.24, 2.45) is 0 Å². The Morgan fingerprint density at radius 2 is 2.06 bits per heavy atom. The summed E-state index contributed by atoms with van der Waals surface area (Å²) in [5.41, 5.74) is -1.01. The minimum atomic E-state index is -4.57. The second kappa shape index (κ2) is 5.39. The molecule has 1 aromatic rings. The van der Waals surface area contributed by atoms with Gasteiger partial charge in [-0.15, -0.1) is 0 Å². The minimum absolute atomic E-state index is 0.0758. The number of alkyl halides is 3. The molecule has 94 valence electrons. The van der Waals surface area contributed by atoms with Crippen molar-refractivity contribution in [2.75, 3.05) is 6.61 Å². The highest BCUT2D eigenvalue weighted by Crippen LogP contribution is 2.33. The second-order valence-electron chi connectivity index (χ2n) is 2.93. The number of carbonyl (C=O) groups excluding carboxylic acids is 1. The SMILES string of the molecule is CCOC(=O)Sc1cc(C(F)(F)F)ccc1F. The lowest BCUT2D eigenvalue weighted by Gasteiger charge is -2.08. The van der Waals surface area contributed by atoms with Crippen LogP contribution in [0, 0.1) is 5.82 Å². The topological polar surface area (TPSA) is 26.3 Å². The lowest BCUT2D eigenvalue weighted by Crippen LogP contribution is -2.06. The summed E-state index contributed by atoms with van der Waals surface area (Å²) >= 11 is 0.289. The Labute approximate surface area is 99.0 Å². The molecule has 0 spiro atoms. The van der Waals surface area contributed by atoms with Gasteiger partial charge in [-0.3, -0.25) is 0 Å². The van der Waals surface area contributed by atoms with Crippen LogP contribution in [0.3, 0.4) is 0 Å². The summed E-state index contributed by atoms with van der Waals surface area (Å²) in [6.07, 6.45) is -4.57. The average Bonchev–Trinajstić information content (AvgIpc) is 2.20. The Morgan fingerprint density at radius 3 is 2.59 bits per heavy atom. The smallest absolute Gasteiger partial charge is 0.416 e. The molecule has 0 saturated carbocycles. The Morgan fingerprint density at radius 1 is 1.41 bits per heavy atom. The van der Waals surface area contributed by atoms with Crippen LogP contribution in [-0.2, 0) is 10.9 Å². The average molecular weight is 268 g/mol. The maximum atomic E-state index is 13.2. The summed E-state index contributed by atoms with van der Waals surface area (Å²) in [7, 11) is 0. The fraction of sp³-hybridized carbons (Fsp3) is 0.300. The molecule has 1 rings (SSSR count). The molecule has 0 saturated heterocycles. The molecule has 0 atom stereocenters. The summed E-state index contributed by atoms with van der Waals surface area (Å²) < 4.78 is 54.7. The van der Waals surface area contributed by atoms with Gasteiger partial charge in [-0.2, -0.15) is 13.2 Å². The van der Waals surface area contributed by atoms with Crippen LogP contribution in [0.25, 0.3) is 0 Å². The van der Waals surface area contributed by atoms with Crippen molar-refractivity contribution in [3.8, 4) is 0 Å². The van der Waals surface area contributed by atoms with Gasteiger partial charge in [0.15, 0.2) is 0 Å². The molecule has 0 aliphatic rings. The molecule has 0 fully saturated rings. The van der Waals surface area contributed by atoms with Crippen molar-refractivity contribution in [3.05, 3.63) is 29.6 Å². The summed E-state index contributed by atoms with van der Waals surface area (Å²) in [5, 5.41) is -0.842. The van der Waals surface area contributed by atoms with E-state index in [1.54, 1.807) is 6.92 Å². The second-order valence-corrected chi connectivity index (χ2v) is 3.91. The molecule has 1 aromatic carbocycles. The van der Waals surface area contributed by atoms with Crippen LogP contribution >= 0.6 is 11.8 Å². The summed E-state index contributed by atoms with van der Waals surface area (Å²) in [5.74, 6) is -0.893. The highest BCUT2D eigenvalue weighted by molar-refractivity contribution is 8.13. The fourth-order valence-corrected chi connectivity index (χ4v) is 1.70. The maximum Gasteiger partial charge on any atom is 0.416 e. The molecule has 2 nitrogen and oxygen atoms in total. The van der Waals surface area contributed by atoms with Crippen molar-refractivity contribution in [3.63, 3.8) is 0 Å². The molecule has 0 radical (unpaired) electrons. The van der Waals surface area contributed by atoms with Crippen LogP contribution < -0.4 is 0 Å². The zero-order valence-corrected chi connectivity index (χ0v) is 9.49. The Kier molecular flexibility index (Phi) is 4.39. The number of hydrogen-bond acceptors (Lipinski definition) is 3. The molecule has 0 aromatic heterocycles. The highest BCUT2D eigenvalue weighted by Gasteiger charge is 2.31. The Balaban J connectivity index is 2.95. The van der Waals surface area contributed by atoms with E-state index in [4.69, 9.17) is 0 Å². The quantitative estimate of drug-likeness (QED) is 0.459. The molecule has 0 aliphatic heterocycles. The number of carbonyl (C=O) groups is 1. The van der Waals surface area contributed by atoms with Crippen LogP contribution in [0.5, 0.6) is 0 Å². The van der Waals surface area contributed by atoms with Crippen LogP contribution in [0.2, 0.25) is 0 Å². The van der Waals surface area contributed by atoms with E-state index >= 15 is 0 Å². The van der Waals surface area contributed by atoms with E-state index in [9.17, 15) is 22.4 Å². The molecular formula is C10H8F4O2S. The third kappa shape index (κ3) is 3.92. The lowest BCUT2D eigenvalue weighted by molar-refractivity contribution is -0.137. The molecule has 7 heteroatoms. The lowest BCUT2D eigenvalue weighted by atomic mass is 10.2. The number of benzene rings is 1. The van der Waals surface area contributed by atoms with E-state index < -0.39 is 27.8 Å². The van der Waals surface area contributed by atoms with Crippen LogP contribution in [0.4, 0.5) is 22.4 Å². The molecule has 0 unspecified atom stereocenters. The van der Waals surface area contributed by atoms with Crippen molar-refractivity contribution >= 4 is 17.1 Å². The molecule has 0 aliphatic carbocycles. The predicted octanol–water partition coefficient (Wildman–Crippen LogP) is 4.09. The first-order valence-electron chi connectivity index (χ1n) is 4.56. The monoisotopic (exact) mass is 268 g/mol.